The van der Waals surface area contributed by atoms with Gasteiger partial charge in [-0.15, -0.1) is 0 Å². The summed E-state index contributed by atoms with van der Waals surface area (Å²) in [6, 6.07) is 0. The topological polar surface area (TPSA) is 58.2 Å². The highest BCUT2D eigenvalue weighted by atomic mass is 16.2. The first kappa shape index (κ1) is 41.4. The Hall–Kier alpha value is -1.58. The number of unbranched alkanes of at least 4 members (excludes halogenated alkanes) is 22. The van der Waals surface area contributed by atoms with Crippen LogP contribution in [0, 0.1) is 0 Å². The van der Waals surface area contributed by atoms with E-state index < -0.39 is 0 Å². The van der Waals surface area contributed by atoms with Gasteiger partial charge in [-0.3, -0.25) is 9.59 Å². The van der Waals surface area contributed by atoms with Crippen LogP contribution in [0.15, 0.2) is 24.3 Å². The number of amides is 2. The maximum atomic E-state index is 12.4. The summed E-state index contributed by atoms with van der Waals surface area (Å²) in [6.45, 7) is 6.55. The highest BCUT2D eigenvalue weighted by Crippen LogP contribution is 2.12. The zero-order chi connectivity index (χ0) is 31.5. The van der Waals surface area contributed by atoms with Gasteiger partial charge < -0.3 is 10.6 Å². The molecule has 0 aliphatic carbocycles. The molecule has 0 aliphatic rings. The quantitative estimate of drug-likeness (QED) is 0.0446. The summed E-state index contributed by atoms with van der Waals surface area (Å²) in [4.78, 5) is 24.7. The zero-order valence-electron chi connectivity index (χ0n) is 29.2. The third-order valence-corrected chi connectivity index (χ3v) is 8.41. The Morgan fingerprint density at radius 3 is 1.00 bits per heavy atom. The van der Waals surface area contributed by atoms with Crippen LogP contribution in [0.5, 0.6) is 0 Å². The molecule has 0 aromatic heterocycles. The van der Waals surface area contributed by atoms with E-state index in [0.29, 0.717) is 12.8 Å². The standard InChI is InChI=1S/C39H74N2O2/c1-4-7-9-11-13-15-17-19-21-23-25-27-29-31-33-35-38(42)40-37(6-3)41-39(43)36-34-32-30-28-26-24-22-20-18-16-14-12-10-8-5-2/h19-22,37H,4-18,23-36H2,1-3H3,(H,40,42)(H,41,43)/b21-19-,22-20-. The van der Waals surface area contributed by atoms with Crippen molar-refractivity contribution in [3.63, 3.8) is 0 Å². The Bertz CT molecular complexity index is 604. The Balaban J connectivity index is 3.59. The summed E-state index contributed by atoms with van der Waals surface area (Å²) in [5.74, 6) is 0.122. The third-order valence-electron chi connectivity index (χ3n) is 8.41. The maximum absolute atomic E-state index is 12.4. The minimum absolute atomic E-state index is 0.0609. The van der Waals surface area contributed by atoms with Crippen LogP contribution in [0.3, 0.4) is 0 Å². The third kappa shape index (κ3) is 33.2. The molecular weight excluding hydrogens is 528 g/mol. The van der Waals surface area contributed by atoms with Gasteiger partial charge in [-0.1, -0.05) is 148 Å². The first-order chi connectivity index (χ1) is 21.1. The number of carbonyl (C=O) groups excluding carboxylic acids is 2. The Morgan fingerprint density at radius 1 is 0.419 bits per heavy atom. The van der Waals surface area contributed by atoms with Gasteiger partial charge in [-0.25, -0.2) is 0 Å². The fourth-order valence-corrected chi connectivity index (χ4v) is 5.49. The molecular formula is C39H74N2O2. The lowest BCUT2D eigenvalue weighted by molar-refractivity contribution is -0.124. The van der Waals surface area contributed by atoms with Crippen LogP contribution < -0.4 is 10.6 Å². The molecule has 0 aromatic rings. The lowest BCUT2D eigenvalue weighted by atomic mass is 10.1. The van der Waals surface area contributed by atoms with Crippen molar-refractivity contribution in [2.75, 3.05) is 0 Å². The molecule has 43 heavy (non-hydrogen) atoms. The normalized spacial score (nSPS) is 11.7. The molecule has 0 aliphatic heterocycles. The smallest absolute Gasteiger partial charge is 0.221 e. The number of allylic oxidation sites excluding steroid dienone is 4. The molecule has 0 saturated heterocycles. The van der Waals surface area contributed by atoms with E-state index >= 15 is 0 Å². The average Bonchev–Trinajstić information content (AvgIpc) is 3.00. The Kier molecular flexibility index (Phi) is 33.6. The van der Waals surface area contributed by atoms with Gasteiger partial charge in [-0.2, -0.15) is 0 Å². The van der Waals surface area contributed by atoms with Gasteiger partial charge in [0.1, 0.15) is 6.17 Å². The van der Waals surface area contributed by atoms with Gasteiger partial charge in [0, 0.05) is 12.8 Å². The largest absolute Gasteiger partial charge is 0.336 e. The fraction of sp³-hybridized carbons (Fsp3) is 0.846. The van der Waals surface area contributed by atoms with Crippen LogP contribution in [0.2, 0.25) is 0 Å². The molecule has 0 saturated carbocycles. The van der Waals surface area contributed by atoms with Crippen LogP contribution in [-0.2, 0) is 9.59 Å². The number of rotatable bonds is 33. The molecule has 4 heteroatoms. The molecule has 2 amide bonds. The predicted molar refractivity (Wildman–Crippen MR) is 189 cm³/mol. The molecule has 0 aromatic carbocycles. The summed E-state index contributed by atoms with van der Waals surface area (Å²) in [5.41, 5.74) is 0. The van der Waals surface area contributed by atoms with Gasteiger partial charge >= 0.3 is 0 Å². The molecule has 0 fully saturated rings. The summed E-state index contributed by atoms with van der Waals surface area (Å²) >= 11 is 0. The summed E-state index contributed by atoms with van der Waals surface area (Å²) in [5, 5.41) is 6.03. The second-order valence-corrected chi connectivity index (χ2v) is 12.8. The second kappa shape index (κ2) is 34.9. The van der Waals surface area contributed by atoms with Crippen molar-refractivity contribution in [1.82, 2.24) is 10.6 Å². The van der Waals surface area contributed by atoms with Crippen molar-refractivity contribution >= 4 is 11.8 Å². The van der Waals surface area contributed by atoms with Crippen molar-refractivity contribution in [3.8, 4) is 0 Å². The minimum atomic E-state index is -0.244. The van der Waals surface area contributed by atoms with E-state index in [0.717, 1.165) is 32.1 Å². The van der Waals surface area contributed by atoms with E-state index in [4.69, 9.17) is 0 Å². The van der Waals surface area contributed by atoms with Crippen LogP contribution in [0.25, 0.3) is 0 Å². The van der Waals surface area contributed by atoms with E-state index in [2.05, 4.69) is 48.8 Å². The SMILES string of the molecule is CCCCCCCC/C=C\CCCCCCCC(=O)NC(CC)NC(=O)CCCCCCC/C=C\CCCCCCCC. The molecule has 0 unspecified atom stereocenters. The Labute approximate surface area is 269 Å². The van der Waals surface area contributed by atoms with Gasteiger partial charge in [0.15, 0.2) is 0 Å². The molecule has 0 bridgehead atoms. The maximum Gasteiger partial charge on any atom is 0.221 e. The number of carbonyl (C=O) groups is 2. The molecule has 4 nitrogen and oxygen atoms in total. The molecule has 0 spiro atoms. The van der Waals surface area contributed by atoms with E-state index in [1.54, 1.807) is 0 Å². The zero-order valence-corrected chi connectivity index (χ0v) is 29.2. The van der Waals surface area contributed by atoms with Gasteiger partial charge in [-0.05, 0) is 70.6 Å². The van der Waals surface area contributed by atoms with Gasteiger partial charge in [0.2, 0.25) is 11.8 Å². The predicted octanol–water partition coefficient (Wildman–Crippen LogP) is 12.0. The molecule has 0 radical (unpaired) electrons. The van der Waals surface area contributed by atoms with Crippen molar-refractivity contribution in [3.05, 3.63) is 24.3 Å². The molecule has 0 rings (SSSR count). The first-order valence-corrected chi connectivity index (χ1v) is 19.0. The van der Waals surface area contributed by atoms with Gasteiger partial charge in [0.25, 0.3) is 0 Å². The van der Waals surface area contributed by atoms with Gasteiger partial charge in [0.05, 0.1) is 0 Å². The van der Waals surface area contributed by atoms with Crippen LogP contribution in [-0.4, -0.2) is 18.0 Å². The summed E-state index contributed by atoms with van der Waals surface area (Å²) < 4.78 is 0. The molecule has 2 N–H and O–H groups in total. The Morgan fingerprint density at radius 2 is 0.698 bits per heavy atom. The lowest BCUT2D eigenvalue weighted by Gasteiger charge is -2.18. The van der Waals surface area contributed by atoms with E-state index in [1.165, 1.54) is 141 Å². The monoisotopic (exact) mass is 603 g/mol. The van der Waals surface area contributed by atoms with Crippen LogP contribution in [0.1, 0.15) is 207 Å². The number of hydrogen-bond acceptors (Lipinski definition) is 2. The molecule has 252 valence electrons. The van der Waals surface area contributed by atoms with Crippen LogP contribution >= 0.6 is 0 Å². The van der Waals surface area contributed by atoms with E-state index in [-0.39, 0.29) is 18.0 Å². The van der Waals surface area contributed by atoms with Crippen molar-refractivity contribution in [1.29, 1.82) is 0 Å². The summed E-state index contributed by atoms with van der Waals surface area (Å²) in [6.07, 6.45) is 43.7. The first-order valence-electron chi connectivity index (χ1n) is 19.0. The molecule has 0 atom stereocenters. The van der Waals surface area contributed by atoms with Crippen LogP contribution in [0.4, 0.5) is 0 Å². The molecule has 0 heterocycles. The van der Waals surface area contributed by atoms with Crippen molar-refractivity contribution < 1.29 is 9.59 Å². The average molecular weight is 603 g/mol. The highest BCUT2D eigenvalue weighted by Gasteiger charge is 2.12. The summed E-state index contributed by atoms with van der Waals surface area (Å²) in [7, 11) is 0. The van der Waals surface area contributed by atoms with Crippen molar-refractivity contribution in [2.45, 2.75) is 213 Å². The number of nitrogens with one attached hydrogen (secondary N) is 2. The van der Waals surface area contributed by atoms with E-state index in [1.807, 2.05) is 6.92 Å². The highest BCUT2D eigenvalue weighted by molar-refractivity contribution is 5.79. The van der Waals surface area contributed by atoms with Crippen molar-refractivity contribution in [2.24, 2.45) is 0 Å². The van der Waals surface area contributed by atoms with E-state index in [9.17, 15) is 9.59 Å². The number of hydrogen-bond donors (Lipinski definition) is 2. The second-order valence-electron chi connectivity index (χ2n) is 12.8. The lowest BCUT2D eigenvalue weighted by Crippen LogP contribution is -2.47. The minimum Gasteiger partial charge on any atom is -0.336 e. The fourth-order valence-electron chi connectivity index (χ4n) is 5.49.